The number of hydrogen-bond acceptors (Lipinski definition) is 3. The number of rotatable bonds is 13. The average Bonchev–Trinajstić information content (AvgIpc) is 2.71. The highest BCUT2D eigenvalue weighted by atomic mass is 16.5. The molecule has 29 heavy (non-hydrogen) atoms. The van der Waals surface area contributed by atoms with Gasteiger partial charge in [-0.3, -0.25) is 0 Å². The van der Waals surface area contributed by atoms with Crippen LogP contribution in [-0.4, -0.2) is 18.3 Å². The number of unbranched alkanes of at least 4 members (excludes halogenated alkanes) is 2. The van der Waals surface area contributed by atoms with Gasteiger partial charge in [0.1, 0.15) is 11.5 Å². The smallest absolute Gasteiger partial charge is 0.125 e. The summed E-state index contributed by atoms with van der Waals surface area (Å²) in [5.74, 6) is 1.55. The highest BCUT2D eigenvalue weighted by Gasteiger charge is 2.10. The van der Waals surface area contributed by atoms with Crippen LogP contribution in [0.2, 0.25) is 0 Å². The first-order valence-electron chi connectivity index (χ1n) is 11.3. The number of para-hydroxylation sites is 1. The van der Waals surface area contributed by atoms with E-state index < -0.39 is 0 Å². The third-order valence-electron chi connectivity index (χ3n) is 5.41. The molecule has 0 heterocycles. The summed E-state index contributed by atoms with van der Waals surface area (Å²) in [5, 5.41) is 14.2. The molecule has 0 aliphatic carbocycles. The number of hydrogen-bond donors (Lipinski definition) is 2. The van der Waals surface area contributed by atoms with Gasteiger partial charge in [0, 0.05) is 6.54 Å². The highest BCUT2D eigenvalue weighted by Crippen LogP contribution is 2.28. The molecule has 0 aromatic heterocycles. The first-order valence-corrected chi connectivity index (χ1v) is 11.3. The maximum Gasteiger partial charge on any atom is 0.125 e. The van der Waals surface area contributed by atoms with E-state index >= 15 is 0 Å². The number of benzene rings is 2. The zero-order valence-electron chi connectivity index (χ0n) is 18.8. The molecule has 3 nitrogen and oxygen atoms in total. The van der Waals surface area contributed by atoms with Gasteiger partial charge in [-0.05, 0) is 80.3 Å². The van der Waals surface area contributed by atoms with Gasteiger partial charge in [-0.25, -0.2) is 0 Å². The summed E-state index contributed by atoms with van der Waals surface area (Å²) >= 11 is 0. The van der Waals surface area contributed by atoms with Crippen LogP contribution in [0.5, 0.6) is 11.5 Å². The topological polar surface area (TPSA) is 41.5 Å². The Morgan fingerprint density at radius 2 is 1.48 bits per heavy atom. The third-order valence-corrected chi connectivity index (χ3v) is 5.41. The Labute approximate surface area is 177 Å². The number of phenols is 1. The molecule has 2 aromatic carbocycles. The second-order valence-electron chi connectivity index (χ2n) is 8.07. The fourth-order valence-electron chi connectivity index (χ4n) is 3.68. The normalized spacial score (nSPS) is 11.0. The Kier molecular flexibility index (Phi) is 10.1. The van der Waals surface area contributed by atoms with Crippen LogP contribution in [-0.2, 0) is 19.4 Å². The molecular weight excluding hydrogens is 358 g/mol. The van der Waals surface area contributed by atoms with Gasteiger partial charge in [0.05, 0.1) is 6.61 Å². The molecule has 0 radical (unpaired) electrons. The van der Waals surface area contributed by atoms with E-state index in [2.05, 4.69) is 63.3 Å². The monoisotopic (exact) mass is 397 g/mol. The van der Waals surface area contributed by atoms with Gasteiger partial charge >= 0.3 is 0 Å². The van der Waals surface area contributed by atoms with Crippen LogP contribution in [0.4, 0.5) is 0 Å². The molecule has 0 aliphatic rings. The van der Waals surface area contributed by atoms with E-state index in [1.807, 2.05) is 0 Å². The Balaban J connectivity index is 1.85. The van der Waals surface area contributed by atoms with E-state index in [4.69, 9.17) is 4.74 Å². The van der Waals surface area contributed by atoms with E-state index in [0.717, 1.165) is 81.5 Å². The van der Waals surface area contributed by atoms with E-state index in [9.17, 15) is 5.11 Å². The molecule has 0 amide bonds. The SMILES string of the molecule is CCCCc1cc(CNCCCOc2c(C)cccc2C)cc(CCCC)c1O. The van der Waals surface area contributed by atoms with Gasteiger partial charge in [0.15, 0.2) is 0 Å². The van der Waals surface area contributed by atoms with Crippen molar-refractivity contribution in [1.29, 1.82) is 0 Å². The minimum absolute atomic E-state index is 0.526. The fourth-order valence-corrected chi connectivity index (χ4v) is 3.68. The van der Waals surface area contributed by atoms with E-state index in [-0.39, 0.29) is 0 Å². The molecule has 0 atom stereocenters. The second-order valence-corrected chi connectivity index (χ2v) is 8.07. The van der Waals surface area contributed by atoms with Crippen molar-refractivity contribution in [3.05, 3.63) is 58.1 Å². The van der Waals surface area contributed by atoms with Crippen molar-refractivity contribution in [2.24, 2.45) is 0 Å². The zero-order valence-corrected chi connectivity index (χ0v) is 18.8. The quantitative estimate of drug-likeness (QED) is 0.392. The summed E-state index contributed by atoms with van der Waals surface area (Å²) in [6.45, 7) is 11.1. The minimum Gasteiger partial charge on any atom is -0.507 e. The van der Waals surface area contributed by atoms with Crippen LogP contribution in [0.1, 0.15) is 73.8 Å². The van der Waals surface area contributed by atoms with Gasteiger partial charge in [-0.1, -0.05) is 57.0 Å². The molecule has 2 aromatic rings. The van der Waals surface area contributed by atoms with Crippen molar-refractivity contribution in [1.82, 2.24) is 5.32 Å². The maximum absolute atomic E-state index is 10.6. The van der Waals surface area contributed by atoms with Crippen LogP contribution >= 0.6 is 0 Å². The first kappa shape index (κ1) is 23.3. The Morgan fingerprint density at radius 1 is 0.897 bits per heavy atom. The minimum atomic E-state index is 0.526. The van der Waals surface area contributed by atoms with E-state index in [0.29, 0.717) is 5.75 Å². The van der Waals surface area contributed by atoms with Crippen LogP contribution in [0.15, 0.2) is 30.3 Å². The van der Waals surface area contributed by atoms with Crippen LogP contribution in [0, 0.1) is 13.8 Å². The van der Waals surface area contributed by atoms with Gasteiger partial charge in [-0.2, -0.15) is 0 Å². The van der Waals surface area contributed by atoms with Gasteiger partial charge in [-0.15, -0.1) is 0 Å². The van der Waals surface area contributed by atoms with Crippen molar-refractivity contribution >= 4 is 0 Å². The van der Waals surface area contributed by atoms with Crippen molar-refractivity contribution in [2.45, 2.75) is 79.2 Å². The van der Waals surface area contributed by atoms with Crippen molar-refractivity contribution in [2.75, 3.05) is 13.2 Å². The van der Waals surface area contributed by atoms with Crippen LogP contribution < -0.4 is 10.1 Å². The highest BCUT2D eigenvalue weighted by molar-refractivity contribution is 5.44. The first-order chi connectivity index (χ1) is 14.1. The molecule has 0 unspecified atom stereocenters. The lowest BCUT2D eigenvalue weighted by molar-refractivity contribution is 0.304. The number of nitrogens with one attached hydrogen (secondary N) is 1. The average molecular weight is 398 g/mol. The molecule has 0 fully saturated rings. The number of aryl methyl sites for hydroxylation is 4. The molecule has 160 valence electrons. The molecule has 3 heteroatoms. The molecule has 0 spiro atoms. The number of ether oxygens (including phenoxy) is 1. The molecule has 0 bridgehead atoms. The van der Waals surface area contributed by atoms with Gasteiger partial charge in [0.25, 0.3) is 0 Å². The standard InChI is InChI=1S/C26H39NO2/c1-5-7-13-23-17-22(18-24(25(23)28)14-8-6-2)19-27-15-10-16-29-26-20(3)11-9-12-21(26)4/h9,11-12,17-18,27-28H,5-8,10,13-16,19H2,1-4H3. The molecule has 0 saturated carbocycles. The Hall–Kier alpha value is -2.00. The number of aromatic hydroxyl groups is 1. The van der Waals surface area contributed by atoms with Gasteiger partial charge in [0.2, 0.25) is 0 Å². The number of phenolic OH excluding ortho intramolecular Hbond substituents is 1. The molecule has 0 saturated heterocycles. The summed E-state index contributed by atoms with van der Waals surface area (Å²) in [5.41, 5.74) is 5.88. The maximum atomic E-state index is 10.6. The fraction of sp³-hybridized carbons (Fsp3) is 0.538. The van der Waals surface area contributed by atoms with Crippen molar-refractivity contribution < 1.29 is 9.84 Å². The second kappa shape index (κ2) is 12.5. The zero-order chi connectivity index (χ0) is 21.1. The molecule has 2 rings (SSSR count). The Bertz CT molecular complexity index is 705. The lowest BCUT2D eigenvalue weighted by Crippen LogP contribution is -2.17. The predicted octanol–water partition coefficient (Wildman–Crippen LogP) is 6.25. The third kappa shape index (κ3) is 7.40. The summed E-state index contributed by atoms with van der Waals surface area (Å²) < 4.78 is 5.99. The van der Waals surface area contributed by atoms with Crippen LogP contribution in [0.25, 0.3) is 0 Å². The van der Waals surface area contributed by atoms with E-state index in [1.165, 1.54) is 16.7 Å². The lowest BCUT2D eigenvalue weighted by atomic mass is 9.97. The van der Waals surface area contributed by atoms with Crippen LogP contribution in [0.3, 0.4) is 0 Å². The van der Waals surface area contributed by atoms with E-state index in [1.54, 1.807) is 0 Å². The Morgan fingerprint density at radius 3 is 2.03 bits per heavy atom. The summed E-state index contributed by atoms with van der Waals surface area (Å²) in [6.07, 6.45) is 7.41. The van der Waals surface area contributed by atoms with Crippen molar-refractivity contribution in [3.8, 4) is 11.5 Å². The lowest BCUT2D eigenvalue weighted by Gasteiger charge is -2.14. The molecule has 0 aliphatic heterocycles. The summed E-state index contributed by atoms with van der Waals surface area (Å²) in [6, 6.07) is 10.6. The van der Waals surface area contributed by atoms with Gasteiger partial charge < -0.3 is 15.2 Å². The largest absolute Gasteiger partial charge is 0.507 e. The molecular formula is C26H39NO2. The molecule has 2 N–H and O–H groups in total. The summed E-state index contributed by atoms with van der Waals surface area (Å²) in [4.78, 5) is 0. The summed E-state index contributed by atoms with van der Waals surface area (Å²) in [7, 11) is 0. The predicted molar refractivity (Wildman–Crippen MR) is 123 cm³/mol. The van der Waals surface area contributed by atoms with Crippen molar-refractivity contribution in [3.63, 3.8) is 0 Å².